The Labute approximate surface area is 113 Å². The van der Waals surface area contributed by atoms with Crippen molar-refractivity contribution in [2.45, 2.75) is 32.4 Å². The predicted octanol–water partition coefficient (Wildman–Crippen LogP) is 2.94. The molecule has 2 rings (SSSR count). The fraction of sp³-hybridized carbons (Fsp3) is 0.571. The first-order valence-electron chi connectivity index (χ1n) is 6.33. The van der Waals surface area contributed by atoms with Gasteiger partial charge in [-0.1, -0.05) is 22.0 Å². The van der Waals surface area contributed by atoms with Crippen molar-refractivity contribution in [1.82, 2.24) is 10.2 Å². The fourth-order valence-electron chi connectivity index (χ4n) is 2.51. The molecular formula is C14H21BrN2. The lowest BCUT2D eigenvalue weighted by molar-refractivity contribution is 0.187. The summed E-state index contributed by atoms with van der Waals surface area (Å²) in [7, 11) is 2.07. The van der Waals surface area contributed by atoms with E-state index in [1.54, 1.807) is 0 Å². The topological polar surface area (TPSA) is 15.3 Å². The summed E-state index contributed by atoms with van der Waals surface area (Å²) in [5.41, 5.74) is 2.83. The molecule has 3 heteroatoms. The van der Waals surface area contributed by atoms with Crippen molar-refractivity contribution >= 4 is 15.9 Å². The molecule has 1 aliphatic heterocycles. The molecule has 17 heavy (non-hydrogen) atoms. The van der Waals surface area contributed by atoms with Gasteiger partial charge >= 0.3 is 0 Å². The van der Waals surface area contributed by atoms with Crippen LogP contribution >= 0.6 is 15.9 Å². The van der Waals surface area contributed by atoms with Crippen LogP contribution in [-0.2, 0) is 6.54 Å². The van der Waals surface area contributed by atoms with E-state index in [4.69, 9.17) is 0 Å². The molecule has 2 nitrogen and oxygen atoms in total. The summed E-state index contributed by atoms with van der Waals surface area (Å²) in [5, 5.41) is 3.39. The van der Waals surface area contributed by atoms with Crippen LogP contribution in [0.15, 0.2) is 22.7 Å². The third-order valence-electron chi connectivity index (χ3n) is 3.61. The molecule has 0 bridgehead atoms. The van der Waals surface area contributed by atoms with E-state index in [1.807, 2.05) is 0 Å². The van der Waals surface area contributed by atoms with Crippen LogP contribution in [-0.4, -0.2) is 31.1 Å². The minimum Gasteiger partial charge on any atom is -0.316 e. The first-order chi connectivity index (χ1) is 8.19. The Kier molecular flexibility index (Phi) is 4.60. The van der Waals surface area contributed by atoms with Gasteiger partial charge in [0.05, 0.1) is 0 Å². The molecule has 1 fully saturated rings. The van der Waals surface area contributed by atoms with Gasteiger partial charge in [-0.2, -0.15) is 0 Å². The second-order valence-corrected chi connectivity index (χ2v) is 5.85. The molecule has 0 spiro atoms. The van der Waals surface area contributed by atoms with Crippen LogP contribution in [0.1, 0.15) is 24.0 Å². The van der Waals surface area contributed by atoms with Crippen LogP contribution in [0, 0.1) is 6.92 Å². The van der Waals surface area contributed by atoms with Gasteiger partial charge in [-0.25, -0.2) is 0 Å². The van der Waals surface area contributed by atoms with E-state index in [2.05, 4.69) is 58.3 Å². The Morgan fingerprint density at radius 1 is 1.47 bits per heavy atom. The summed E-state index contributed by atoms with van der Waals surface area (Å²) in [6, 6.07) is 7.25. The van der Waals surface area contributed by atoms with Crippen molar-refractivity contribution in [2.75, 3.05) is 20.1 Å². The highest BCUT2D eigenvalue weighted by atomic mass is 79.9. The van der Waals surface area contributed by atoms with Crippen molar-refractivity contribution in [3.63, 3.8) is 0 Å². The molecule has 94 valence electrons. The summed E-state index contributed by atoms with van der Waals surface area (Å²) in [5.74, 6) is 0. The third-order valence-corrected chi connectivity index (χ3v) is 4.11. The van der Waals surface area contributed by atoms with Gasteiger partial charge in [0.25, 0.3) is 0 Å². The number of halogens is 1. The van der Waals surface area contributed by atoms with Crippen molar-refractivity contribution in [2.24, 2.45) is 0 Å². The molecule has 1 aromatic carbocycles. The molecule has 1 unspecified atom stereocenters. The highest BCUT2D eigenvalue weighted by molar-refractivity contribution is 9.10. The van der Waals surface area contributed by atoms with E-state index in [0.717, 1.165) is 6.54 Å². The normalized spacial score (nSPS) is 21.7. The first-order valence-corrected chi connectivity index (χ1v) is 7.13. The summed E-state index contributed by atoms with van der Waals surface area (Å²) in [6.45, 7) is 5.68. The van der Waals surface area contributed by atoms with E-state index in [-0.39, 0.29) is 0 Å². The number of likely N-dealkylation sites (N-methyl/N-ethyl adjacent to an activating group) is 1. The number of hydrogen-bond acceptors (Lipinski definition) is 2. The van der Waals surface area contributed by atoms with E-state index in [1.165, 1.54) is 41.5 Å². The van der Waals surface area contributed by atoms with Gasteiger partial charge in [-0.15, -0.1) is 0 Å². The lowest BCUT2D eigenvalue weighted by Crippen LogP contribution is -2.43. The number of aryl methyl sites for hydroxylation is 1. The molecule has 0 aromatic heterocycles. The minimum absolute atomic E-state index is 0.666. The molecule has 1 heterocycles. The molecule has 1 saturated heterocycles. The van der Waals surface area contributed by atoms with Crippen molar-refractivity contribution < 1.29 is 0 Å². The molecule has 1 aromatic rings. The smallest absolute Gasteiger partial charge is 0.0237 e. The van der Waals surface area contributed by atoms with Crippen molar-refractivity contribution in [3.8, 4) is 0 Å². The average Bonchev–Trinajstić information content (AvgIpc) is 2.33. The summed E-state index contributed by atoms with van der Waals surface area (Å²) in [6.07, 6.45) is 2.62. The first kappa shape index (κ1) is 13.1. The maximum absolute atomic E-state index is 3.52. The van der Waals surface area contributed by atoms with E-state index in [9.17, 15) is 0 Å². The highest BCUT2D eigenvalue weighted by Gasteiger charge is 2.18. The molecule has 0 radical (unpaired) electrons. The molecule has 1 N–H and O–H groups in total. The Balaban J connectivity index is 2.00. The van der Waals surface area contributed by atoms with Gasteiger partial charge in [0.2, 0.25) is 0 Å². The standard InChI is InChI=1S/C14H21BrN2/c1-11-8-13(15)6-5-12(11)9-17-7-3-4-14(10-17)16-2/h5-6,8,14,16H,3-4,7,9-10H2,1-2H3. The molecule has 1 aliphatic rings. The second-order valence-electron chi connectivity index (χ2n) is 4.93. The number of benzene rings is 1. The molecule has 1 atom stereocenters. The van der Waals surface area contributed by atoms with Gasteiger partial charge < -0.3 is 5.32 Å². The quantitative estimate of drug-likeness (QED) is 0.923. The van der Waals surface area contributed by atoms with Gasteiger partial charge in [0.15, 0.2) is 0 Å². The van der Waals surface area contributed by atoms with Crippen LogP contribution in [0.25, 0.3) is 0 Å². The summed E-state index contributed by atoms with van der Waals surface area (Å²) < 4.78 is 1.17. The van der Waals surface area contributed by atoms with Crippen LogP contribution < -0.4 is 5.32 Å². The lowest BCUT2D eigenvalue weighted by Gasteiger charge is -2.32. The monoisotopic (exact) mass is 296 g/mol. The highest BCUT2D eigenvalue weighted by Crippen LogP contribution is 2.19. The van der Waals surface area contributed by atoms with Gasteiger partial charge in [0.1, 0.15) is 0 Å². The lowest BCUT2D eigenvalue weighted by atomic mass is 10.0. The second kappa shape index (κ2) is 5.98. The maximum atomic E-state index is 3.52. The van der Waals surface area contributed by atoms with Crippen molar-refractivity contribution in [1.29, 1.82) is 0 Å². The summed E-state index contributed by atoms with van der Waals surface area (Å²) in [4.78, 5) is 2.56. The fourth-order valence-corrected chi connectivity index (χ4v) is 2.99. The Bertz CT molecular complexity index is 378. The van der Waals surface area contributed by atoms with E-state index >= 15 is 0 Å². The SMILES string of the molecule is CNC1CCCN(Cc2ccc(Br)cc2C)C1. The Morgan fingerprint density at radius 3 is 3.00 bits per heavy atom. The van der Waals surface area contributed by atoms with Gasteiger partial charge in [0, 0.05) is 23.6 Å². The number of hydrogen-bond donors (Lipinski definition) is 1. The third kappa shape index (κ3) is 3.54. The minimum atomic E-state index is 0.666. The number of piperidine rings is 1. The Morgan fingerprint density at radius 2 is 2.29 bits per heavy atom. The molecule has 0 amide bonds. The van der Waals surface area contributed by atoms with Gasteiger partial charge in [-0.05, 0) is 56.6 Å². The molecule has 0 aliphatic carbocycles. The van der Waals surface area contributed by atoms with Crippen LogP contribution in [0.2, 0.25) is 0 Å². The number of nitrogens with zero attached hydrogens (tertiary/aromatic N) is 1. The molecule has 0 saturated carbocycles. The van der Waals surface area contributed by atoms with Crippen LogP contribution in [0.5, 0.6) is 0 Å². The van der Waals surface area contributed by atoms with Crippen molar-refractivity contribution in [3.05, 3.63) is 33.8 Å². The van der Waals surface area contributed by atoms with E-state index < -0.39 is 0 Å². The van der Waals surface area contributed by atoms with Crippen LogP contribution in [0.4, 0.5) is 0 Å². The Hall–Kier alpha value is -0.380. The predicted molar refractivity (Wildman–Crippen MR) is 76.2 cm³/mol. The van der Waals surface area contributed by atoms with Crippen LogP contribution in [0.3, 0.4) is 0 Å². The zero-order valence-electron chi connectivity index (χ0n) is 10.7. The average molecular weight is 297 g/mol. The molecular weight excluding hydrogens is 276 g/mol. The zero-order valence-corrected chi connectivity index (χ0v) is 12.3. The number of nitrogens with one attached hydrogen (secondary N) is 1. The largest absolute Gasteiger partial charge is 0.316 e. The van der Waals surface area contributed by atoms with Gasteiger partial charge in [-0.3, -0.25) is 4.90 Å². The maximum Gasteiger partial charge on any atom is 0.0237 e. The summed E-state index contributed by atoms with van der Waals surface area (Å²) >= 11 is 3.52. The zero-order chi connectivity index (χ0) is 12.3. The van der Waals surface area contributed by atoms with E-state index in [0.29, 0.717) is 6.04 Å². The number of likely N-dealkylation sites (tertiary alicyclic amines) is 1. The number of rotatable bonds is 3.